The molecule has 1 aliphatic heterocycles. The van der Waals surface area contributed by atoms with Gasteiger partial charge in [-0.3, -0.25) is 0 Å². The van der Waals surface area contributed by atoms with E-state index in [-0.39, 0.29) is 0 Å². The van der Waals surface area contributed by atoms with Gasteiger partial charge in [0.1, 0.15) is 0 Å². The molecule has 96 valence electrons. The number of H-pyrrole nitrogens is 1. The Morgan fingerprint density at radius 3 is 3.12 bits per heavy atom. The Morgan fingerprint density at radius 2 is 2.47 bits per heavy atom. The molecular formula is C13H23N3O. The van der Waals surface area contributed by atoms with Crippen LogP contribution in [-0.4, -0.2) is 41.2 Å². The third-order valence-corrected chi connectivity index (χ3v) is 3.44. The first-order valence-electron chi connectivity index (χ1n) is 6.54. The minimum Gasteiger partial charge on any atom is -0.378 e. The molecule has 1 saturated heterocycles. The SMILES string of the molecule is Cc1[nH]cnc1CN(C)CCC[C@H]1CCCO1. The molecule has 0 amide bonds. The second-order valence-electron chi connectivity index (χ2n) is 4.99. The van der Waals surface area contributed by atoms with E-state index in [0.29, 0.717) is 6.10 Å². The topological polar surface area (TPSA) is 41.2 Å². The molecule has 1 aliphatic rings. The second-order valence-corrected chi connectivity index (χ2v) is 4.99. The van der Waals surface area contributed by atoms with Gasteiger partial charge in [0, 0.05) is 18.8 Å². The largest absolute Gasteiger partial charge is 0.378 e. The minimum atomic E-state index is 0.524. The van der Waals surface area contributed by atoms with Crippen LogP contribution in [0.1, 0.15) is 37.1 Å². The summed E-state index contributed by atoms with van der Waals surface area (Å²) >= 11 is 0. The van der Waals surface area contributed by atoms with Crippen molar-refractivity contribution in [2.75, 3.05) is 20.2 Å². The van der Waals surface area contributed by atoms with Gasteiger partial charge in [-0.05, 0) is 46.2 Å². The van der Waals surface area contributed by atoms with E-state index < -0.39 is 0 Å². The molecule has 1 N–H and O–H groups in total. The number of hydrogen-bond acceptors (Lipinski definition) is 3. The van der Waals surface area contributed by atoms with Crippen molar-refractivity contribution in [1.29, 1.82) is 0 Å². The van der Waals surface area contributed by atoms with Gasteiger partial charge in [-0.2, -0.15) is 0 Å². The van der Waals surface area contributed by atoms with E-state index in [4.69, 9.17) is 4.74 Å². The maximum Gasteiger partial charge on any atom is 0.0925 e. The van der Waals surface area contributed by atoms with Crippen LogP contribution < -0.4 is 0 Å². The molecule has 0 aliphatic carbocycles. The molecule has 0 bridgehead atoms. The first kappa shape index (κ1) is 12.6. The van der Waals surface area contributed by atoms with Gasteiger partial charge in [-0.25, -0.2) is 4.98 Å². The van der Waals surface area contributed by atoms with Crippen molar-refractivity contribution in [3.05, 3.63) is 17.7 Å². The number of hydrogen-bond donors (Lipinski definition) is 1. The molecule has 0 aromatic carbocycles. The van der Waals surface area contributed by atoms with Gasteiger partial charge < -0.3 is 14.6 Å². The highest BCUT2D eigenvalue weighted by atomic mass is 16.5. The molecule has 0 unspecified atom stereocenters. The molecule has 1 aromatic heterocycles. The van der Waals surface area contributed by atoms with Crippen LogP contribution in [0.15, 0.2) is 6.33 Å². The van der Waals surface area contributed by atoms with Crippen LogP contribution in [0.3, 0.4) is 0 Å². The molecule has 1 fully saturated rings. The summed E-state index contributed by atoms with van der Waals surface area (Å²) < 4.78 is 5.62. The molecule has 1 atom stereocenters. The normalized spacial score (nSPS) is 20.3. The van der Waals surface area contributed by atoms with Crippen LogP contribution in [0.25, 0.3) is 0 Å². The van der Waals surface area contributed by atoms with Crippen LogP contribution in [0, 0.1) is 6.92 Å². The lowest BCUT2D eigenvalue weighted by atomic mass is 10.1. The van der Waals surface area contributed by atoms with Gasteiger partial charge >= 0.3 is 0 Å². The van der Waals surface area contributed by atoms with E-state index in [2.05, 4.69) is 28.8 Å². The van der Waals surface area contributed by atoms with E-state index in [0.717, 1.165) is 25.4 Å². The van der Waals surface area contributed by atoms with Crippen LogP contribution >= 0.6 is 0 Å². The molecule has 4 nitrogen and oxygen atoms in total. The number of nitrogens with one attached hydrogen (secondary N) is 1. The fraction of sp³-hybridized carbons (Fsp3) is 0.769. The van der Waals surface area contributed by atoms with Crippen molar-refractivity contribution >= 4 is 0 Å². The molecule has 0 spiro atoms. The summed E-state index contributed by atoms with van der Waals surface area (Å²) in [6.07, 6.45) is 7.20. The van der Waals surface area contributed by atoms with Crippen molar-refractivity contribution in [3.63, 3.8) is 0 Å². The summed E-state index contributed by atoms with van der Waals surface area (Å²) in [7, 11) is 2.16. The summed E-state index contributed by atoms with van der Waals surface area (Å²) in [6.45, 7) is 5.09. The summed E-state index contributed by atoms with van der Waals surface area (Å²) in [4.78, 5) is 9.77. The highest BCUT2D eigenvalue weighted by molar-refractivity contribution is 5.07. The Kier molecular flexibility index (Phi) is 4.57. The van der Waals surface area contributed by atoms with Crippen molar-refractivity contribution in [3.8, 4) is 0 Å². The zero-order valence-electron chi connectivity index (χ0n) is 10.9. The van der Waals surface area contributed by atoms with Crippen molar-refractivity contribution < 1.29 is 4.74 Å². The lowest BCUT2D eigenvalue weighted by Crippen LogP contribution is -2.21. The third-order valence-electron chi connectivity index (χ3n) is 3.44. The van der Waals surface area contributed by atoms with Crippen LogP contribution in [-0.2, 0) is 11.3 Å². The molecule has 0 radical (unpaired) electrons. The average molecular weight is 237 g/mol. The smallest absolute Gasteiger partial charge is 0.0925 e. The highest BCUT2D eigenvalue weighted by Gasteiger charge is 2.15. The van der Waals surface area contributed by atoms with Gasteiger partial charge in [-0.15, -0.1) is 0 Å². The average Bonchev–Trinajstić information content (AvgIpc) is 2.92. The zero-order valence-corrected chi connectivity index (χ0v) is 10.9. The lowest BCUT2D eigenvalue weighted by molar-refractivity contribution is 0.0995. The van der Waals surface area contributed by atoms with Crippen LogP contribution in [0.4, 0.5) is 0 Å². The second kappa shape index (κ2) is 6.17. The zero-order chi connectivity index (χ0) is 12.1. The minimum absolute atomic E-state index is 0.524. The quantitative estimate of drug-likeness (QED) is 0.824. The first-order chi connectivity index (χ1) is 8.25. The van der Waals surface area contributed by atoms with E-state index >= 15 is 0 Å². The molecule has 4 heteroatoms. The summed E-state index contributed by atoms with van der Waals surface area (Å²) in [5.74, 6) is 0. The van der Waals surface area contributed by atoms with Crippen molar-refractivity contribution in [1.82, 2.24) is 14.9 Å². The predicted octanol–water partition coefficient (Wildman–Crippen LogP) is 2.11. The number of aromatic amines is 1. The number of aromatic nitrogens is 2. The Bertz CT molecular complexity index is 331. The van der Waals surface area contributed by atoms with Gasteiger partial charge in [0.25, 0.3) is 0 Å². The molecule has 2 heterocycles. The first-order valence-corrected chi connectivity index (χ1v) is 6.54. The van der Waals surface area contributed by atoms with E-state index in [1.807, 2.05) is 0 Å². The molecule has 1 aromatic rings. The van der Waals surface area contributed by atoms with E-state index in [1.54, 1.807) is 6.33 Å². The van der Waals surface area contributed by atoms with E-state index in [9.17, 15) is 0 Å². The third kappa shape index (κ3) is 3.82. The van der Waals surface area contributed by atoms with Gasteiger partial charge in [0.2, 0.25) is 0 Å². The Hall–Kier alpha value is -0.870. The Morgan fingerprint density at radius 1 is 1.59 bits per heavy atom. The van der Waals surface area contributed by atoms with Gasteiger partial charge in [-0.1, -0.05) is 0 Å². The lowest BCUT2D eigenvalue weighted by Gasteiger charge is -2.17. The maximum atomic E-state index is 5.62. The van der Waals surface area contributed by atoms with Crippen molar-refractivity contribution in [2.24, 2.45) is 0 Å². The number of rotatable bonds is 6. The summed E-state index contributed by atoms with van der Waals surface area (Å²) in [5.41, 5.74) is 2.33. The Labute approximate surface area is 103 Å². The fourth-order valence-electron chi connectivity index (χ4n) is 2.34. The molecular weight excluding hydrogens is 214 g/mol. The number of imidazole rings is 1. The summed E-state index contributed by atoms with van der Waals surface area (Å²) in [5, 5.41) is 0. The maximum absolute atomic E-state index is 5.62. The highest BCUT2D eigenvalue weighted by Crippen LogP contribution is 2.17. The monoisotopic (exact) mass is 237 g/mol. The number of aryl methyl sites for hydroxylation is 1. The molecule has 2 rings (SSSR count). The summed E-state index contributed by atoms with van der Waals surface area (Å²) in [6, 6.07) is 0. The predicted molar refractivity (Wildman–Crippen MR) is 67.9 cm³/mol. The molecule has 17 heavy (non-hydrogen) atoms. The number of ether oxygens (including phenoxy) is 1. The van der Waals surface area contributed by atoms with Crippen LogP contribution in [0.5, 0.6) is 0 Å². The van der Waals surface area contributed by atoms with E-state index in [1.165, 1.54) is 31.4 Å². The fourth-order valence-corrected chi connectivity index (χ4v) is 2.34. The Balaban J connectivity index is 1.63. The van der Waals surface area contributed by atoms with Gasteiger partial charge in [0.15, 0.2) is 0 Å². The van der Waals surface area contributed by atoms with Crippen molar-refractivity contribution in [2.45, 2.75) is 45.3 Å². The molecule has 0 saturated carbocycles. The standard InChI is InChI=1S/C13H23N3O/c1-11-13(15-10-14-11)9-16(2)7-3-5-12-6-4-8-17-12/h10,12H,3-9H2,1-2H3,(H,14,15)/t12-/m0/s1. The van der Waals surface area contributed by atoms with Crippen LogP contribution in [0.2, 0.25) is 0 Å². The van der Waals surface area contributed by atoms with Gasteiger partial charge in [0.05, 0.1) is 18.1 Å². The number of nitrogens with zero attached hydrogens (tertiary/aromatic N) is 2.